The first-order valence-electron chi connectivity index (χ1n) is 5.59. The molecule has 2 aromatic carbocycles. The van der Waals surface area contributed by atoms with Crippen LogP contribution < -0.4 is 4.90 Å². The molecule has 0 amide bonds. The van der Waals surface area contributed by atoms with E-state index in [1.807, 2.05) is 66.5 Å². The summed E-state index contributed by atoms with van der Waals surface area (Å²) < 4.78 is 0. The fraction of sp³-hybridized carbons (Fsp3) is 0.133. The van der Waals surface area contributed by atoms with Gasteiger partial charge in [-0.1, -0.05) is 30.3 Å². The summed E-state index contributed by atoms with van der Waals surface area (Å²) in [5, 5.41) is 0. The van der Waals surface area contributed by atoms with Gasteiger partial charge in [0.25, 0.3) is 0 Å². The van der Waals surface area contributed by atoms with E-state index in [1.165, 1.54) is 0 Å². The lowest BCUT2D eigenvalue weighted by molar-refractivity contribution is 0.101. The van der Waals surface area contributed by atoms with Gasteiger partial charge in [0.1, 0.15) is 0 Å². The number of anilines is 2. The molecule has 0 saturated carbocycles. The van der Waals surface area contributed by atoms with E-state index in [2.05, 4.69) is 0 Å². The summed E-state index contributed by atoms with van der Waals surface area (Å²) in [7, 11) is 1.97. The van der Waals surface area contributed by atoms with Gasteiger partial charge in [0.2, 0.25) is 0 Å². The average Bonchev–Trinajstić information content (AvgIpc) is 2.39. The molecule has 0 radical (unpaired) electrons. The lowest BCUT2D eigenvalue weighted by Crippen LogP contribution is -2.12. The molecule has 2 heteroatoms. The summed E-state index contributed by atoms with van der Waals surface area (Å²) in [6.45, 7) is 1.59. The molecule has 2 rings (SSSR count). The Labute approximate surface area is 102 Å². The van der Waals surface area contributed by atoms with E-state index in [9.17, 15) is 4.79 Å². The number of hydrogen-bond acceptors (Lipinski definition) is 2. The summed E-state index contributed by atoms with van der Waals surface area (Å²) in [6.07, 6.45) is 0. The quantitative estimate of drug-likeness (QED) is 0.743. The Morgan fingerprint density at radius 2 is 1.53 bits per heavy atom. The molecule has 0 atom stereocenters. The molecular weight excluding hydrogens is 210 g/mol. The van der Waals surface area contributed by atoms with Crippen molar-refractivity contribution < 1.29 is 4.79 Å². The number of benzene rings is 2. The van der Waals surface area contributed by atoms with Gasteiger partial charge in [-0.25, -0.2) is 0 Å². The normalized spacial score (nSPS) is 10.0. The topological polar surface area (TPSA) is 20.3 Å². The molecule has 0 aliphatic heterocycles. The van der Waals surface area contributed by atoms with E-state index in [0.717, 1.165) is 16.9 Å². The highest BCUT2D eigenvalue weighted by Gasteiger charge is 2.11. The summed E-state index contributed by atoms with van der Waals surface area (Å²) >= 11 is 0. The first-order valence-corrected chi connectivity index (χ1v) is 5.59. The maximum absolute atomic E-state index is 11.6. The fourth-order valence-corrected chi connectivity index (χ4v) is 1.85. The minimum Gasteiger partial charge on any atom is -0.344 e. The summed E-state index contributed by atoms with van der Waals surface area (Å²) in [4.78, 5) is 13.6. The van der Waals surface area contributed by atoms with Gasteiger partial charge in [0, 0.05) is 18.3 Å². The van der Waals surface area contributed by atoms with Crippen LogP contribution in [0.4, 0.5) is 11.4 Å². The van der Waals surface area contributed by atoms with E-state index in [1.54, 1.807) is 6.92 Å². The smallest absolute Gasteiger partial charge is 0.161 e. The van der Waals surface area contributed by atoms with Gasteiger partial charge in [-0.2, -0.15) is 0 Å². The van der Waals surface area contributed by atoms with Gasteiger partial charge >= 0.3 is 0 Å². The molecule has 86 valence electrons. The second-order valence-electron chi connectivity index (χ2n) is 3.97. The Balaban J connectivity index is 2.44. The molecule has 0 unspecified atom stereocenters. The van der Waals surface area contributed by atoms with Crippen molar-refractivity contribution in [2.45, 2.75) is 6.92 Å². The third-order valence-electron chi connectivity index (χ3n) is 2.79. The zero-order valence-corrected chi connectivity index (χ0v) is 10.1. The largest absolute Gasteiger partial charge is 0.344 e. The van der Waals surface area contributed by atoms with Crippen LogP contribution in [0.5, 0.6) is 0 Å². The standard InChI is InChI=1S/C15H15NO/c1-12(17)14-10-6-7-11-15(14)16(2)13-8-4-3-5-9-13/h3-11H,1-2H3. The van der Waals surface area contributed by atoms with Gasteiger partial charge < -0.3 is 4.90 Å². The van der Waals surface area contributed by atoms with E-state index in [0.29, 0.717) is 0 Å². The van der Waals surface area contributed by atoms with Crippen LogP contribution in [0.15, 0.2) is 54.6 Å². The number of para-hydroxylation sites is 2. The van der Waals surface area contributed by atoms with E-state index in [4.69, 9.17) is 0 Å². The molecule has 0 saturated heterocycles. The number of carbonyl (C=O) groups is 1. The van der Waals surface area contributed by atoms with Gasteiger partial charge in [-0.3, -0.25) is 4.79 Å². The van der Waals surface area contributed by atoms with E-state index in [-0.39, 0.29) is 5.78 Å². The molecule has 0 aliphatic carbocycles. The third kappa shape index (κ3) is 2.36. The Morgan fingerprint density at radius 1 is 0.941 bits per heavy atom. The van der Waals surface area contributed by atoms with Crippen molar-refractivity contribution in [3.63, 3.8) is 0 Å². The Morgan fingerprint density at radius 3 is 2.18 bits per heavy atom. The number of rotatable bonds is 3. The van der Waals surface area contributed by atoms with E-state index >= 15 is 0 Å². The molecule has 0 bridgehead atoms. The van der Waals surface area contributed by atoms with Crippen molar-refractivity contribution in [1.29, 1.82) is 0 Å². The molecule has 0 fully saturated rings. The number of Topliss-reactive ketones (excluding diaryl/α,β-unsaturated/α-hetero) is 1. The van der Waals surface area contributed by atoms with Crippen molar-refractivity contribution in [3.8, 4) is 0 Å². The minimum atomic E-state index is 0.0865. The van der Waals surface area contributed by atoms with Crippen LogP contribution in [-0.2, 0) is 0 Å². The maximum atomic E-state index is 11.6. The second kappa shape index (κ2) is 4.83. The molecule has 0 aromatic heterocycles. The van der Waals surface area contributed by atoms with Crippen molar-refractivity contribution in [2.24, 2.45) is 0 Å². The molecule has 2 aromatic rings. The first-order chi connectivity index (χ1) is 8.20. The van der Waals surface area contributed by atoms with Crippen LogP contribution in [-0.4, -0.2) is 12.8 Å². The number of hydrogen-bond donors (Lipinski definition) is 0. The second-order valence-corrected chi connectivity index (χ2v) is 3.97. The molecule has 0 aliphatic rings. The van der Waals surface area contributed by atoms with Gasteiger partial charge in [-0.15, -0.1) is 0 Å². The molecule has 0 heterocycles. The van der Waals surface area contributed by atoms with Crippen LogP contribution in [0.1, 0.15) is 17.3 Å². The number of ketones is 1. The average molecular weight is 225 g/mol. The summed E-state index contributed by atoms with van der Waals surface area (Å²) in [6, 6.07) is 17.7. The Bertz CT molecular complexity index is 519. The molecule has 0 spiro atoms. The van der Waals surface area contributed by atoms with Crippen LogP contribution in [0.25, 0.3) is 0 Å². The maximum Gasteiger partial charge on any atom is 0.161 e. The summed E-state index contributed by atoms with van der Waals surface area (Å²) in [5.74, 6) is 0.0865. The van der Waals surface area contributed by atoms with Gasteiger partial charge in [0.15, 0.2) is 5.78 Å². The Kier molecular flexibility index (Phi) is 3.24. The minimum absolute atomic E-state index is 0.0865. The highest BCUT2D eigenvalue weighted by molar-refractivity contribution is 6.00. The van der Waals surface area contributed by atoms with Crippen LogP contribution in [0.2, 0.25) is 0 Å². The van der Waals surface area contributed by atoms with Crippen molar-refractivity contribution >= 4 is 17.2 Å². The molecular formula is C15H15NO. The molecule has 17 heavy (non-hydrogen) atoms. The third-order valence-corrected chi connectivity index (χ3v) is 2.79. The van der Waals surface area contributed by atoms with Crippen LogP contribution in [0, 0.1) is 0 Å². The highest BCUT2D eigenvalue weighted by Crippen LogP contribution is 2.26. The number of carbonyl (C=O) groups excluding carboxylic acids is 1. The number of nitrogens with zero attached hydrogens (tertiary/aromatic N) is 1. The van der Waals surface area contributed by atoms with Crippen LogP contribution in [0.3, 0.4) is 0 Å². The molecule has 2 nitrogen and oxygen atoms in total. The lowest BCUT2D eigenvalue weighted by Gasteiger charge is -2.21. The predicted octanol–water partition coefficient (Wildman–Crippen LogP) is 3.66. The predicted molar refractivity (Wildman–Crippen MR) is 71.0 cm³/mol. The van der Waals surface area contributed by atoms with Crippen molar-refractivity contribution in [2.75, 3.05) is 11.9 Å². The highest BCUT2D eigenvalue weighted by atomic mass is 16.1. The fourth-order valence-electron chi connectivity index (χ4n) is 1.85. The van der Waals surface area contributed by atoms with Crippen molar-refractivity contribution in [3.05, 3.63) is 60.2 Å². The Hall–Kier alpha value is -2.09. The lowest BCUT2D eigenvalue weighted by atomic mass is 10.1. The van der Waals surface area contributed by atoms with Crippen LogP contribution >= 0.6 is 0 Å². The zero-order valence-electron chi connectivity index (χ0n) is 10.1. The first kappa shape index (κ1) is 11.4. The van der Waals surface area contributed by atoms with E-state index < -0.39 is 0 Å². The van der Waals surface area contributed by atoms with Gasteiger partial charge in [-0.05, 0) is 31.2 Å². The van der Waals surface area contributed by atoms with Gasteiger partial charge in [0.05, 0.1) is 5.69 Å². The van der Waals surface area contributed by atoms with Crippen molar-refractivity contribution in [1.82, 2.24) is 0 Å². The monoisotopic (exact) mass is 225 g/mol. The molecule has 0 N–H and O–H groups in total. The summed E-state index contributed by atoms with van der Waals surface area (Å²) in [5.41, 5.74) is 2.76. The zero-order chi connectivity index (χ0) is 12.3. The SMILES string of the molecule is CC(=O)c1ccccc1N(C)c1ccccc1.